The number of nitrogens with one attached hydrogen (secondary N) is 1. The van der Waals surface area contributed by atoms with Crippen molar-refractivity contribution in [1.29, 1.82) is 5.41 Å². The number of phenols is 1. The average Bonchev–Trinajstić information content (AvgIpc) is 3.20. The number of aromatic nitrogens is 1. The van der Waals surface area contributed by atoms with Crippen molar-refractivity contribution in [2.75, 3.05) is 0 Å². The van der Waals surface area contributed by atoms with E-state index in [1.165, 1.54) is 6.21 Å². The molecule has 4 heteroatoms. The van der Waals surface area contributed by atoms with Gasteiger partial charge in [0.05, 0.1) is 5.92 Å². The molecule has 30 heavy (non-hydrogen) atoms. The quantitative estimate of drug-likeness (QED) is 0.359. The molecule has 1 heterocycles. The van der Waals surface area contributed by atoms with Gasteiger partial charge in [-0.05, 0) is 30.0 Å². The van der Waals surface area contributed by atoms with Gasteiger partial charge >= 0.3 is 0 Å². The van der Waals surface area contributed by atoms with Gasteiger partial charge in [0.2, 0.25) is 5.89 Å². The first kappa shape index (κ1) is 19.6. The minimum absolute atomic E-state index is 0.0789. The van der Waals surface area contributed by atoms with Crippen LogP contribution < -0.4 is 0 Å². The summed E-state index contributed by atoms with van der Waals surface area (Å²) in [6.07, 6.45) is 2.11. The maximum Gasteiger partial charge on any atom is 0.204 e. The molecule has 4 nitrogen and oxygen atoms in total. The summed E-state index contributed by atoms with van der Waals surface area (Å²) >= 11 is 0. The molecular weight excluding hydrogens is 372 g/mol. The first-order chi connectivity index (χ1) is 14.7. The van der Waals surface area contributed by atoms with Gasteiger partial charge in [0.25, 0.3) is 0 Å². The zero-order chi connectivity index (χ0) is 20.9. The van der Waals surface area contributed by atoms with Gasteiger partial charge in [0, 0.05) is 17.3 Å². The molecule has 4 rings (SSSR count). The third-order valence-corrected chi connectivity index (χ3v) is 5.27. The van der Waals surface area contributed by atoms with E-state index in [0.717, 1.165) is 22.4 Å². The molecular formula is C26H24N2O2. The van der Waals surface area contributed by atoms with E-state index in [1.807, 2.05) is 72.8 Å². The third-order valence-electron chi connectivity index (χ3n) is 5.27. The first-order valence-corrected chi connectivity index (χ1v) is 10.1. The highest BCUT2D eigenvalue weighted by Gasteiger charge is 2.26. The Kier molecular flexibility index (Phi) is 5.75. The zero-order valence-corrected chi connectivity index (χ0v) is 16.8. The summed E-state index contributed by atoms with van der Waals surface area (Å²) in [5.74, 6) is 1.31. The van der Waals surface area contributed by atoms with Crippen LogP contribution in [0.15, 0.2) is 89.3 Å². The Morgan fingerprint density at radius 2 is 1.60 bits per heavy atom. The third kappa shape index (κ3) is 4.18. The van der Waals surface area contributed by atoms with Crippen molar-refractivity contribution in [3.63, 3.8) is 0 Å². The maximum absolute atomic E-state index is 9.75. The molecule has 4 aromatic rings. The van der Waals surface area contributed by atoms with Crippen molar-refractivity contribution in [2.24, 2.45) is 5.92 Å². The molecule has 0 saturated carbocycles. The minimum atomic E-state index is -0.271. The van der Waals surface area contributed by atoms with Crippen LogP contribution >= 0.6 is 0 Å². The fourth-order valence-corrected chi connectivity index (χ4v) is 3.72. The Hall–Kier alpha value is -3.66. The number of hydrogen-bond acceptors (Lipinski definition) is 4. The van der Waals surface area contributed by atoms with Crippen LogP contribution in [0.1, 0.15) is 24.3 Å². The van der Waals surface area contributed by atoms with Crippen LogP contribution in [0.25, 0.3) is 22.6 Å². The number of aromatic hydroxyl groups is 1. The van der Waals surface area contributed by atoms with E-state index in [9.17, 15) is 5.11 Å². The number of phenolic OH excluding ortho intramolecular Hbond substituents is 1. The summed E-state index contributed by atoms with van der Waals surface area (Å²) in [6, 6.07) is 27.2. The second kappa shape index (κ2) is 8.78. The van der Waals surface area contributed by atoms with Gasteiger partial charge in [0.15, 0.2) is 5.76 Å². The number of benzene rings is 3. The van der Waals surface area contributed by atoms with Crippen molar-refractivity contribution >= 4 is 6.21 Å². The molecule has 1 aromatic heterocycles. The topological polar surface area (TPSA) is 70.1 Å². The van der Waals surface area contributed by atoms with Gasteiger partial charge in [-0.2, -0.15) is 0 Å². The molecule has 2 N–H and O–H groups in total. The summed E-state index contributed by atoms with van der Waals surface area (Å²) in [5.41, 5.74) is 3.75. The fourth-order valence-electron chi connectivity index (χ4n) is 3.72. The van der Waals surface area contributed by atoms with Crippen LogP contribution in [0, 0.1) is 11.3 Å². The van der Waals surface area contributed by atoms with E-state index in [0.29, 0.717) is 18.1 Å². The Morgan fingerprint density at radius 1 is 0.933 bits per heavy atom. The molecule has 0 aliphatic heterocycles. The van der Waals surface area contributed by atoms with Gasteiger partial charge in [-0.25, -0.2) is 4.98 Å². The van der Waals surface area contributed by atoms with E-state index in [2.05, 4.69) is 6.92 Å². The summed E-state index contributed by atoms with van der Waals surface area (Å²) in [5, 5.41) is 17.8. The lowest BCUT2D eigenvalue weighted by molar-refractivity contribution is 0.427. The Labute approximate surface area is 176 Å². The number of hydrogen-bond donors (Lipinski definition) is 2. The standard InChI is InChI=1S/C26H24N2O2/c1-18(15-19-9-8-14-22(29)16-19)23(17-27)26-28-24(20-10-4-2-5-11-20)25(30-26)21-12-6-3-7-13-21/h2-14,16-18,23,27,29H,15H2,1H3. The predicted molar refractivity (Wildman–Crippen MR) is 120 cm³/mol. The van der Waals surface area contributed by atoms with E-state index in [4.69, 9.17) is 14.8 Å². The van der Waals surface area contributed by atoms with E-state index < -0.39 is 0 Å². The molecule has 2 atom stereocenters. The Morgan fingerprint density at radius 3 is 2.23 bits per heavy atom. The van der Waals surface area contributed by atoms with Crippen molar-refractivity contribution in [1.82, 2.24) is 4.98 Å². The van der Waals surface area contributed by atoms with Crippen molar-refractivity contribution in [3.05, 3.63) is 96.4 Å². The van der Waals surface area contributed by atoms with Crippen LogP contribution in [0.4, 0.5) is 0 Å². The number of nitrogens with zero attached hydrogens (tertiary/aromatic N) is 1. The van der Waals surface area contributed by atoms with Crippen LogP contribution in [-0.4, -0.2) is 16.3 Å². The van der Waals surface area contributed by atoms with E-state index in [1.54, 1.807) is 12.1 Å². The van der Waals surface area contributed by atoms with Gasteiger partial charge in [-0.3, -0.25) is 0 Å². The molecule has 0 saturated heterocycles. The Bertz CT molecular complexity index is 1060. The largest absolute Gasteiger partial charge is 0.508 e. The summed E-state index contributed by atoms with van der Waals surface area (Å²) in [6.45, 7) is 2.08. The van der Waals surface area contributed by atoms with Crippen molar-refractivity contribution in [3.8, 4) is 28.3 Å². The molecule has 0 bridgehead atoms. The number of rotatable bonds is 7. The fraction of sp³-hybridized carbons (Fsp3) is 0.154. The molecule has 0 spiro atoms. The lowest BCUT2D eigenvalue weighted by Gasteiger charge is -2.17. The second-order valence-corrected chi connectivity index (χ2v) is 7.51. The van der Waals surface area contributed by atoms with Crippen molar-refractivity contribution < 1.29 is 9.52 Å². The van der Waals surface area contributed by atoms with E-state index in [-0.39, 0.29) is 17.6 Å². The molecule has 0 aliphatic carbocycles. The van der Waals surface area contributed by atoms with Gasteiger partial charge in [0.1, 0.15) is 11.4 Å². The monoisotopic (exact) mass is 396 g/mol. The smallest absolute Gasteiger partial charge is 0.204 e. The van der Waals surface area contributed by atoms with Gasteiger partial charge < -0.3 is 14.9 Å². The molecule has 0 amide bonds. The molecule has 0 radical (unpaired) electrons. The van der Waals surface area contributed by atoms with Gasteiger partial charge in [-0.15, -0.1) is 0 Å². The second-order valence-electron chi connectivity index (χ2n) is 7.51. The number of oxazole rings is 1. The lowest BCUT2D eigenvalue weighted by Crippen LogP contribution is -2.14. The molecule has 0 aliphatic rings. The van der Waals surface area contributed by atoms with Crippen molar-refractivity contribution in [2.45, 2.75) is 19.3 Å². The molecule has 3 aromatic carbocycles. The van der Waals surface area contributed by atoms with Crippen LogP contribution in [-0.2, 0) is 6.42 Å². The molecule has 0 fully saturated rings. The van der Waals surface area contributed by atoms with Crippen LogP contribution in [0.3, 0.4) is 0 Å². The first-order valence-electron chi connectivity index (χ1n) is 10.1. The normalized spacial score (nSPS) is 13.0. The average molecular weight is 396 g/mol. The molecule has 2 unspecified atom stereocenters. The van der Waals surface area contributed by atoms with Gasteiger partial charge in [-0.1, -0.05) is 79.7 Å². The maximum atomic E-state index is 9.75. The lowest BCUT2D eigenvalue weighted by atomic mass is 9.89. The SMILES string of the molecule is CC(Cc1cccc(O)c1)C(C=N)c1nc(-c2ccccc2)c(-c2ccccc2)o1. The van der Waals surface area contributed by atoms with E-state index >= 15 is 0 Å². The summed E-state index contributed by atoms with van der Waals surface area (Å²) < 4.78 is 6.28. The predicted octanol–water partition coefficient (Wildman–Crippen LogP) is 6.33. The van der Waals surface area contributed by atoms with Crippen LogP contribution in [0.5, 0.6) is 5.75 Å². The van der Waals surface area contributed by atoms with Crippen LogP contribution in [0.2, 0.25) is 0 Å². The highest BCUT2D eigenvalue weighted by molar-refractivity contribution is 5.77. The molecule has 150 valence electrons. The summed E-state index contributed by atoms with van der Waals surface area (Å²) in [4.78, 5) is 4.84. The zero-order valence-electron chi connectivity index (χ0n) is 16.8. The Balaban J connectivity index is 1.72. The summed E-state index contributed by atoms with van der Waals surface area (Å²) in [7, 11) is 0. The minimum Gasteiger partial charge on any atom is -0.508 e. The highest BCUT2D eigenvalue weighted by Crippen LogP contribution is 2.36. The highest BCUT2D eigenvalue weighted by atomic mass is 16.4.